The average molecular weight is 225 g/mol. The number of nitrogens with zero attached hydrogens (tertiary/aromatic N) is 1. The van der Waals surface area contributed by atoms with Crippen LogP contribution in [0.4, 0.5) is 0 Å². The van der Waals surface area contributed by atoms with Crippen LogP contribution in [0.15, 0.2) is 0 Å². The van der Waals surface area contributed by atoms with E-state index in [4.69, 9.17) is 10.00 Å². The van der Waals surface area contributed by atoms with Gasteiger partial charge in [0.15, 0.2) is 0 Å². The van der Waals surface area contributed by atoms with Gasteiger partial charge in [0.2, 0.25) is 0 Å². The smallest absolute Gasteiger partial charge is 0.0851 e. The first-order chi connectivity index (χ1) is 7.66. The quantitative estimate of drug-likeness (QED) is 0.782. The largest absolute Gasteiger partial charge is 0.388 e. The van der Waals surface area contributed by atoms with Gasteiger partial charge in [-0.25, -0.2) is 0 Å². The van der Waals surface area contributed by atoms with Gasteiger partial charge < -0.3 is 9.84 Å². The van der Waals surface area contributed by atoms with E-state index < -0.39 is 5.60 Å². The molecule has 92 valence electrons. The summed E-state index contributed by atoms with van der Waals surface area (Å²) in [5.74, 6) is -0.235. The van der Waals surface area contributed by atoms with Gasteiger partial charge in [-0.1, -0.05) is 26.7 Å². The molecule has 1 aliphatic heterocycles. The summed E-state index contributed by atoms with van der Waals surface area (Å²) in [6.07, 6.45) is 5.13. The van der Waals surface area contributed by atoms with E-state index in [9.17, 15) is 5.11 Å². The second kappa shape index (κ2) is 6.22. The van der Waals surface area contributed by atoms with Crippen LogP contribution in [0.5, 0.6) is 0 Å². The van der Waals surface area contributed by atoms with Crippen LogP contribution >= 0.6 is 0 Å². The van der Waals surface area contributed by atoms with Crippen LogP contribution in [0.3, 0.4) is 0 Å². The second-order valence-electron chi connectivity index (χ2n) is 4.81. The van der Waals surface area contributed by atoms with Crippen LogP contribution in [-0.2, 0) is 4.74 Å². The number of hydrogen-bond donors (Lipinski definition) is 1. The lowest BCUT2D eigenvalue weighted by molar-refractivity contribution is -0.124. The molecule has 0 saturated carbocycles. The lowest BCUT2D eigenvalue weighted by Gasteiger charge is -2.39. The Kier molecular flexibility index (Phi) is 5.24. The van der Waals surface area contributed by atoms with Gasteiger partial charge in [0.1, 0.15) is 0 Å². The zero-order valence-corrected chi connectivity index (χ0v) is 10.4. The van der Waals surface area contributed by atoms with Gasteiger partial charge in [-0.3, -0.25) is 0 Å². The Hall–Kier alpha value is -0.590. The van der Waals surface area contributed by atoms with Crippen LogP contribution in [0.2, 0.25) is 0 Å². The van der Waals surface area contributed by atoms with Gasteiger partial charge in [0, 0.05) is 19.4 Å². The van der Waals surface area contributed by atoms with E-state index in [2.05, 4.69) is 19.9 Å². The molecule has 3 unspecified atom stereocenters. The topological polar surface area (TPSA) is 53.2 Å². The van der Waals surface area contributed by atoms with Gasteiger partial charge in [0.05, 0.1) is 23.7 Å². The summed E-state index contributed by atoms with van der Waals surface area (Å²) in [7, 11) is 0. The van der Waals surface area contributed by atoms with Crippen molar-refractivity contribution < 1.29 is 9.84 Å². The third-order valence-corrected chi connectivity index (χ3v) is 3.46. The van der Waals surface area contributed by atoms with E-state index in [-0.39, 0.29) is 12.0 Å². The summed E-state index contributed by atoms with van der Waals surface area (Å²) >= 11 is 0. The molecular weight excluding hydrogens is 202 g/mol. The molecule has 0 radical (unpaired) electrons. The number of aliphatic hydroxyl groups is 1. The molecule has 3 nitrogen and oxygen atoms in total. The van der Waals surface area contributed by atoms with E-state index in [1.54, 1.807) is 0 Å². The van der Waals surface area contributed by atoms with Crippen molar-refractivity contribution in [1.82, 2.24) is 0 Å². The highest BCUT2D eigenvalue weighted by Crippen LogP contribution is 2.35. The Bertz CT molecular complexity index is 247. The molecule has 0 amide bonds. The minimum absolute atomic E-state index is 0.136. The third kappa shape index (κ3) is 3.20. The molecule has 1 rings (SSSR count). The molecule has 0 spiro atoms. The highest BCUT2D eigenvalue weighted by atomic mass is 16.5. The molecule has 3 atom stereocenters. The normalized spacial score (nSPS) is 32.0. The molecule has 0 aromatic heterocycles. The first kappa shape index (κ1) is 13.5. The van der Waals surface area contributed by atoms with Gasteiger partial charge in [-0.2, -0.15) is 5.26 Å². The summed E-state index contributed by atoms with van der Waals surface area (Å²) in [5, 5.41) is 19.7. The molecule has 0 bridgehead atoms. The average Bonchev–Trinajstić information content (AvgIpc) is 2.26. The predicted molar refractivity (Wildman–Crippen MR) is 62.8 cm³/mol. The van der Waals surface area contributed by atoms with Crippen molar-refractivity contribution in [1.29, 1.82) is 5.26 Å². The molecule has 0 aliphatic carbocycles. The minimum Gasteiger partial charge on any atom is -0.388 e. The van der Waals surface area contributed by atoms with Crippen molar-refractivity contribution in [3.05, 3.63) is 0 Å². The van der Waals surface area contributed by atoms with Gasteiger partial charge >= 0.3 is 0 Å². The molecule has 1 heterocycles. The highest BCUT2D eigenvalue weighted by Gasteiger charge is 2.41. The van der Waals surface area contributed by atoms with Gasteiger partial charge in [0.25, 0.3) is 0 Å². The maximum absolute atomic E-state index is 10.6. The van der Waals surface area contributed by atoms with Crippen molar-refractivity contribution in [2.24, 2.45) is 5.92 Å². The van der Waals surface area contributed by atoms with Crippen molar-refractivity contribution in [3.8, 4) is 6.07 Å². The monoisotopic (exact) mass is 225 g/mol. The molecule has 0 aromatic rings. The van der Waals surface area contributed by atoms with Crippen molar-refractivity contribution >= 4 is 0 Å². The maximum atomic E-state index is 10.6. The van der Waals surface area contributed by atoms with E-state index in [1.165, 1.54) is 0 Å². The van der Waals surface area contributed by atoms with Gasteiger partial charge in [-0.05, 0) is 12.8 Å². The van der Waals surface area contributed by atoms with Crippen LogP contribution < -0.4 is 0 Å². The fourth-order valence-electron chi connectivity index (χ4n) is 2.52. The maximum Gasteiger partial charge on any atom is 0.0851 e. The third-order valence-electron chi connectivity index (χ3n) is 3.46. The SMILES string of the molecule is CCCC1CC(O)(C(C#N)CCC)CCO1. The second-order valence-corrected chi connectivity index (χ2v) is 4.81. The van der Waals surface area contributed by atoms with Crippen LogP contribution in [-0.4, -0.2) is 23.4 Å². The summed E-state index contributed by atoms with van der Waals surface area (Å²) in [6, 6.07) is 2.27. The van der Waals surface area contributed by atoms with Crippen LogP contribution in [0.1, 0.15) is 52.4 Å². The zero-order valence-electron chi connectivity index (χ0n) is 10.4. The molecule has 1 aliphatic rings. The Morgan fingerprint density at radius 2 is 2.25 bits per heavy atom. The van der Waals surface area contributed by atoms with Crippen molar-refractivity contribution in [2.75, 3.05) is 6.61 Å². The summed E-state index contributed by atoms with van der Waals surface area (Å²) in [5.41, 5.74) is -0.817. The lowest BCUT2D eigenvalue weighted by atomic mass is 9.77. The standard InChI is InChI=1S/C13H23NO2/c1-3-5-11(10-14)13(15)7-8-16-12(9-13)6-4-2/h11-12,15H,3-9H2,1-2H3. The Morgan fingerprint density at radius 3 is 2.81 bits per heavy atom. The molecule has 1 saturated heterocycles. The molecule has 1 N–H and O–H groups in total. The molecule has 0 aromatic carbocycles. The Balaban J connectivity index is 2.63. The molecule has 16 heavy (non-hydrogen) atoms. The summed E-state index contributed by atoms with van der Waals surface area (Å²) in [4.78, 5) is 0. The summed E-state index contributed by atoms with van der Waals surface area (Å²) < 4.78 is 5.62. The van der Waals surface area contributed by atoms with E-state index in [0.717, 1.165) is 25.7 Å². The number of hydrogen-bond acceptors (Lipinski definition) is 3. The molecule has 1 fully saturated rings. The summed E-state index contributed by atoms with van der Waals surface area (Å²) in [6.45, 7) is 4.75. The lowest BCUT2D eigenvalue weighted by Crippen LogP contribution is -2.46. The van der Waals surface area contributed by atoms with Crippen LogP contribution in [0, 0.1) is 17.2 Å². The Morgan fingerprint density at radius 1 is 1.50 bits per heavy atom. The van der Waals surface area contributed by atoms with Crippen molar-refractivity contribution in [2.45, 2.75) is 64.1 Å². The number of ether oxygens (including phenoxy) is 1. The van der Waals surface area contributed by atoms with E-state index in [0.29, 0.717) is 19.4 Å². The fourth-order valence-corrected chi connectivity index (χ4v) is 2.52. The Labute approximate surface area is 98.4 Å². The highest BCUT2D eigenvalue weighted by molar-refractivity contribution is 5.01. The minimum atomic E-state index is -0.817. The number of nitriles is 1. The van der Waals surface area contributed by atoms with Gasteiger partial charge in [-0.15, -0.1) is 0 Å². The molecular formula is C13H23NO2. The zero-order chi connectivity index (χ0) is 12.0. The molecule has 3 heteroatoms. The first-order valence-corrected chi connectivity index (χ1v) is 6.40. The predicted octanol–water partition coefficient (Wildman–Crippen LogP) is 2.64. The van der Waals surface area contributed by atoms with Crippen molar-refractivity contribution in [3.63, 3.8) is 0 Å². The van der Waals surface area contributed by atoms with E-state index in [1.807, 2.05) is 0 Å². The number of rotatable bonds is 5. The first-order valence-electron chi connectivity index (χ1n) is 6.40. The van der Waals surface area contributed by atoms with Crippen LogP contribution in [0.25, 0.3) is 0 Å². The fraction of sp³-hybridized carbons (Fsp3) is 0.923. The van der Waals surface area contributed by atoms with E-state index >= 15 is 0 Å².